The van der Waals surface area contributed by atoms with Crippen LogP contribution in [0, 0.1) is 11.6 Å². The van der Waals surface area contributed by atoms with Crippen molar-refractivity contribution in [3.8, 4) is 0 Å². The first-order valence-electron chi connectivity index (χ1n) is 7.38. The molecule has 3 rings (SSSR count). The molecular formula is C16H15F2NO3S2. The van der Waals surface area contributed by atoms with Crippen molar-refractivity contribution >= 4 is 27.1 Å². The van der Waals surface area contributed by atoms with E-state index in [1.807, 2.05) is 5.38 Å². The van der Waals surface area contributed by atoms with Gasteiger partial charge in [0.05, 0.1) is 16.6 Å². The highest BCUT2D eigenvalue weighted by molar-refractivity contribution is 7.91. The van der Waals surface area contributed by atoms with Crippen molar-refractivity contribution in [3.05, 3.63) is 57.8 Å². The molecule has 1 saturated heterocycles. The van der Waals surface area contributed by atoms with Gasteiger partial charge in [-0.25, -0.2) is 17.2 Å². The van der Waals surface area contributed by atoms with E-state index < -0.39 is 32.6 Å². The first kappa shape index (κ1) is 17.0. The summed E-state index contributed by atoms with van der Waals surface area (Å²) in [7, 11) is -3.39. The Morgan fingerprint density at radius 2 is 2.00 bits per heavy atom. The molecule has 1 aromatic carbocycles. The summed E-state index contributed by atoms with van der Waals surface area (Å²) in [5.41, 5.74) is -0.247. The number of nitrogens with zero attached hydrogens (tertiary/aromatic N) is 1. The van der Waals surface area contributed by atoms with Crippen LogP contribution in [-0.4, -0.2) is 38.1 Å². The molecule has 1 unspecified atom stereocenters. The second-order valence-electron chi connectivity index (χ2n) is 5.58. The third-order valence-corrected chi connectivity index (χ3v) is 7.29. The van der Waals surface area contributed by atoms with Gasteiger partial charge in [0.25, 0.3) is 5.91 Å². The maximum atomic E-state index is 13.8. The van der Waals surface area contributed by atoms with Crippen LogP contribution in [-0.2, 0) is 9.84 Å². The minimum atomic E-state index is -3.39. The van der Waals surface area contributed by atoms with Gasteiger partial charge in [0, 0.05) is 24.0 Å². The molecule has 2 heterocycles. The molecule has 0 radical (unpaired) electrons. The number of halogens is 2. The van der Waals surface area contributed by atoms with Gasteiger partial charge < -0.3 is 4.90 Å². The zero-order chi connectivity index (χ0) is 17.3. The van der Waals surface area contributed by atoms with Crippen LogP contribution < -0.4 is 0 Å². The normalized spacial score (nSPS) is 20.6. The van der Waals surface area contributed by atoms with Crippen LogP contribution >= 0.6 is 11.3 Å². The lowest BCUT2D eigenvalue weighted by molar-refractivity contribution is 0.0762. The van der Waals surface area contributed by atoms with Crippen molar-refractivity contribution in [3.63, 3.8) is 0 Å². The Bertz CT molecular complexity index is 850. The predicted molar refractivity (Wildman–Crippen MR) is 87.7 cm³/mol. The molecule has 0 bridgehead atoms. The summed E-state index contributed by atoms with van der Waals surface area (Å²) in [4.78, 5) is 14.5. The lowest BCUT2D eigenvalue weighted by atomic mass is 10.1. The Morgan fingerprint density at radius 3 is 2.67 bits per heavy atom. The first-order chi connectivity index (χ1) is 11.4. The average molecular weight is 371 g/mol. The van der Waals surface area contributed by atoms with E-state index in [9.17, 15) is 22.0 Å². The molecule has 0 spiro atoms. The Hall–Kier alpha value is -1.80. The molecule has 2 aromatic rings. The molecule has 8 heteroatoms. The maximum Gasteiger partial charge on any atom is 0.256 e. The molecule has 0 saturated carbocycles. The first-order valence-corrected chi connectivity index (χ1v) is 9.97. The summed E-state index contributed by atoms with van der Waals surface area (Å²) in [6.45, 7) is 0.206. The number of rotatable bonds is 2. The summed E-state index contributed by atoms with van der Waals surface area (Å²) in [6.07, 6.45) is 0.261. The van der Waals surface area contributed by atoms with Gasteiger partial charge in [0.15, 0.2) is 9.84 Å². The van der Waals surface area contributed by atoms with Crippen molar-refractivity contribution in [2.75, 3.05) is 18.8 Å². The van der Waals surface area contributed by atoms with Crippen molar-refractivity contribution in [2.24, 2.45) is 0 Å². The van der Waals surface area contributed by atoms with Crippen LogP contribution in [0.4, 0.5) is 8.78 Å². The molecule has 1 aliphatic heterocycles. The Balaban J connectivity index is 1.83. The Labute approximate surface area is 142 Å². The SMILES string of the molecule is O=C(c1ccc(F)cc1F)N1CCC(c2cccs2)S(=O)(=O)CC1. The maximum absolute atomic E-state index is 13.8. The summed E-state index contributed by atoms with van der Waals surface area (Å²) in [5.74, 6) is -2.50. The van der Waals surface area contributed by atoms with Gasteiger partial charge in [-0.3, -0.25) is 4.79 Å². The smallest absolute Gasteiger partial charge is 0.256 e. The Morgan fingerprint density at radius 1 is 1.21 bits per heavy atom. The van der Waals surface area contributed by atoms with E-state index in [1.54, 1.807) is 12.1 Å². The summed E-state index contributed by atoms with van der Waals surface area (Å²) >= 11 is 1.37. The van der Waals surface area contributed by atoms with E-state index in [2.05, 4.69) is 0 Å². The van der Waals surface area contributed by atoms with Crippen LogP contribution in [0.2, 0.25) is 0 Å². The predicted octanol–water partition coefficient (Wildman–Crippen LogP) is 3.03. The van der Waals surface area contributed by atoms with Crippen molar-refractivity contribution in [1.29, 1.82) is 0 Å². The second kappa shape index (κ2) is 6.60. The highest BCUT2D eigenvalue weighted by atomic mass is 32.2. The lowest BCUT2D eigenvalue weighted by Crippen LogP contribution is -2.34. The van der Waals surface area contributed by atoms with Crippen LogP contribution in [0.3, 0.4) is 0 Å². The molecule has 1 fully saturated rings. The lowest BCUT2D eigenvalue weighted by Gasteiger charge is -2.20. The molecule has 1 aliphatic rings. The third-order valence-electron chi connectivity index (χ3n) is 4.05. The fourth-order valence-electron chi connectivity index (χ4n) is 2.77. The highest BCUT2D eigenvalue weighted by Crippen LogP contribution is 2.32. The number of hydrogen-bond acceptors (Lipinski definition) is 4. The summed E-state index contributed by atoms with van der Waals surface area (Å²) < 4.78 is 51.7. The third kappa shape index (κ3) is 3.34. The minimum absolute atomic E-state index is 0.000141. The fourth-order valence-corrected chi connectivity index (χ4v) is 5.78. The molecule has 24 heavy (non-hydrogen) atoms. The zero-order valence-corrected chi connectivity index (χ0v) is 14.2. The minimum Gasteiger partial charge on any atom is -0.337 e. The van der Waals surface area contributed by atoms with E-state index in [4.69, 9.17) is 0 Å². The monoisotopic (exact) mass is 371 g/mol. The molecule has 1 aromatic heterocycles. The molecule has 1 atom stereocenters. The van der Waals surface area contributed by atoms with E-state index in [1.165, 1.54) is 16.2 Å². The quantitative estimate of drug-likeness (QED) is 0.815. The van der Waals surface area contributed by atoms with Crippen LogP contribution in [0.5, 0.6) is 0 Å². The fraction of sp³-hybridized carbons (Fsp3) is 0.312. The second-order valence-corrected chi connectivity index (χ2v) is 8.86. The van der Waals surface area contributed by atoms with E-state index in [0.717, 1.165) is 17.0 Å². The van der Waals surface area contributed by atoms with Crippen molar-refractivity contribution in [2.45, 2.75) is 11.7 Å². The number of sulfone groups is 1. The van der Waals surface area contributed by atoms with E-state index in [-0.39, 0.29) is 30.8 Å². The number of carbonyl (C=O) groups is 1. The summed E-state index contributed by atoms with van der Waals surface area (Å²) in [6, 6.07) is 6.31. The van der Waals surface area contributed by atoms with Gasteiger partial charge in [0.1, 0.15) is 11.6 Å². The number of thiophene rings is 1. The number of hydrogen-bond donors (Lipinski definition) is 0. The molecule has 0 aliphatic carbocycles. The van der Waals surface area contributed by atoms with Crippen molar-refractivity contribution in [1.82, 2.24) is 4.90 Å². The molecule has 4 nitrogen and oxygen atoms in total. The van der Waals surface area contributed by atoms with Gasteiger partial charge in [-0.05, 0) is 30.0 Å². The standard InChI is InChI=1S/C16H15F2NO3S2/c17-11-3-4-12(13(18)10-11)16(20)19-6-5-15(14-2-1-8-23-14)24(21,22)9-7-19/h1-4,8,10,15H,5-7,9H2. The topological polar surface area (TPSA) is 54.5 Å². The van der Waals surface area contributed by atoms with Crippen molar-refractivity contribution < 1.29 is 22.0 Å². The van der Waals surface area contributed by atoms with Crippen LogP contribution in [0.15, 0.2) is 35.7 Å². The van der Waals surface area contributed by atoms with Gasteiger partial charge in [0.2, 0.25) is 0 Å². The van der Waals surface area contributed by atoms with Crippen LogP contribution in [0.1, 0.15) is 26.9 Å². The number of carbonyl (C=O) groups excluding carboxylic acids is 1. The van der Waals surface area contributed by atoms with Gasteiger partial charge in [-0.15, -0.1) is 11.3 Å². The number of benzene rings is 1. The van der Waals surface area contributed by atoms with E-state index >= 15 is 0 Å². The van der Waals surface area contributed by atoms with Gasteiger partial charge in [-0.2, -0.15) is 0 Å². The largest absolute Gasteiger partial charge is 0.337 e. The summed E-state index contributed by atoms with van der Waals surface area (Å²) in [5, 5.41) is 1.17. The molecule has 128 valence electrons. The van der Waals surface area contributed by atoms with Gasteiger partial charge >= 0.3 is 0 Å². The molecule has 0 N–H and O–H groups in total. The van der Waals surface area contributed by atoms with Gasteiger partial charge in [-0.1, -0.05) is 6.07 Å². The number of amides is 1. The zero-order valence-electron chi connectivity index (χ0n) is 12.6. The van der Waals surface area contributed by atoms with E-state index in [0.29, 0.717) is 6.07 Å². The molecule has 1 amide bonds. The highest BCUT2D eigenvalue weighted by Gasteiger charge is 2.33. The Kier molecular flexibility index (Phi) is 4.69. The van der Waals surface area contributed by atoms with Crippen LogP contribution in [0.25, 0.3) is 0 Å². The molecular weight excluding hydrogens is 356 g/mol. The average Bonchev–Trinajstić information content (AvgIpc) is 2.98.